The van der Waals surface area contributed by atoms with E-state index >= 15 is 0 Å². The molecule has 0 fully saturated rings. The molecule has 0 N–H and O–H groups in total. The van der Waals surface area contributed by atoms with Crippen LogP contribution in [-0.2, 0) is 17.6 Å². The van der Waals surface area contributed by atoms with Crippen molar-refractivity contribution in [1.29, 1.82) is 0 Å². The van der Waals surface area contributed by atoms with Gasteiger partial charge in [-0.1, -0.05) is 53.6 Å². The Morgan fingerprint density at radius 2 is 1.95 bits per heavy atom. The largest absolute Gasteiger partial charge is 0.299 e. The van der Waals surface area contributed by atoms with E-state index in [1.54, 1.807) is 12.1 Å². The summed E-state index contributed by atoms with van der Waals surface area (Å²) in [5.41, 5.74) is 2.67. The van der Waals surface area contributed by atoms with Crippen molar-refractivity contribution < 1.29 is 9.18 Å². The smallest absolute Gasteiger partial charge is 0.145 e. The van der Waals surface area contributed by atoms with Crippen molar-refractivity contribution >= 4 is 17.4 Å². The minimum atomic E-state index is -0.488. The van der Waals surface area contributed by atoms with E-state index in [4.69, 9.17) is 11.6 Å². The molecule has 0 heterocycles. The van der Waals surface area contributed by atoms with E-state index in [1.807, 2.05) is 25.1 Å². The number of Topliss-reactive ketones (excluding diaryl/α,β-unsaturated/α-hetero) is 1. The Bertz CT molecular complexity index is 622. The van der Waals surface area contributed by atoms with Gasteiger partial charge in [0.25, 0.3) is 0 Å². The highest BCUT2D eigenvalue weighted by atomic mass is 35.5. The van der Waals surface area contributed by atoms with Gasteiger partial charge in [-0.2, -0.15) is 0 Å². The van der Waals surface area contributed by atoms with E-state index < -0.39 is 5.82 Å². The normalized spacial score (nSPS) is 10.6. The summed E-state index contributed by atoms with van der Waals surface area (Å²) in [5, 5.41) is 0.0639. The molecule has 0 spiro atoms. The van der Waals surface area contributed by atoms with Crippen molar-refractivity contribution in [3.05, 3.63) is 70.0 Å². The molecular formula is C17H16ClFO. The Morgan fingerprint density at radius 1 is 1.20 bits per heavy atom. The predicted octanol–water partition coefficient (Wildman–Crippen LogP) is 4.53. The van der Waals surface area contributed by atoms with Crippen LogP contribution in [0, 0.1) is 12.7 Å². The summed E-state index contributed by atoms with van der Waals surface area (Å²) < 4.78 is 13.7. The fourth-order valence-corrected chi connectivity index (χ4v) is 2.33. The van der Waals surface area contributed by atoms with Gasteiger partial charge in [-0.05, 0) is 30.5 Å². The highest BCUT2D eigenvalue weighted by Gasteiger charge is 2.10. The van der Waals surface area contributed by atoms with Gasteiger partial charge in [0.1, 0.15) is 11.6 Å². The first kappa shape index (κ1) is 14.7. The minimum absolute atomic E-state index is 0.0210. The summed E-state index contributed by atoms with van der Waals surface area (Å²) in [7, 11) is 0. The van der Waals surface area contributed by atoms with Crippen molar-refractivity contribution in [2.75, 3.05) is 0 Å². The van der Waals surface area contributed by atoms with E-state index in [2.05, 4.69) is 6.07 Å². The standard InChI is InChI=1S/C17H16ClFO/c1-12-4-2-5-13(10-12)8-9-15(20)11-14-6-3-7-16(18)17(14)19/h2-7,10H,8-9,11H2,1H3. The highest BCUT2D eigenvalue weighted by Crippen LogP contribution is 2.19. The van der Waals surface area contributed by atoms with Gasteiger partial charge in [-0.3, -0.25) is 4.79 Å². The molecule has 2 aromatic rings. The number of hydrogen-bond acceptors (Lipinski definition) is 1. The molecule has 2 aromatic carbocycles. The summed E-state index contributed by atoms with van der Waals surface area (Å²) in [4.78, 5) is 11.9. The van der Waals surface area contributed by atoms with Gasteiger partial charge >= 0.3 is 0 Å². The first-order chi connectivity index (χ1) is 9.56. The molecule has 0 amide bonds. The molecule has 104 valence electrons. The molecule has 3 heteroatoms. The molecule has 1 nitrogen and oxygen atoms in total. The monoisotopic (exact) mass is 290 g/mol. The predicted molar refractivity (Wildman–Crippen MR) is 79.6 cm³/mol. The molecule has 0 atom stereocenters. The van der Waals surface area contributed by atoms with Crippen LogP contribution in [0.3, 0.4) is 0 Å². The van der Waals surface area contributed by atoms with Crippen LogP contribution in [0.15, 0.2) is 42.5 Å². The quantitative estimate of drug-likeness (QED) is 0.790. The third-order valence-electron chi connectivity index (χ3n) is 3.19. The average Bonchev–Trinajstić information content (AvgIpc) is 2.42. The lowest BCUT2D eigenvalue weighted by molar-refractivity contribution is -0.118. The zero-order chi connectivity index (χ0) is 14.5. The van der Waals surface area contributed by atoms with Gasteiger partial charge < -0.3 is 0 Å². The molecular weight excluding hydrogens is 275 g/mol. The number of benzene rings is 2. The maximum absolute atomic E-state index is 13.7. The number of halogens is 2. The molecule has 20 heavy (non-hydrogen) atoms. The van der Waals surface area contributed by atoms with Crippen molar-refractivity contribution in [3.8, 4) is 0 Å². The van der Waals surface area contributed by atoms with E-state index in [1.165, 1.54) is 11.6 Å². The number of carbonyl (C=O) groups excluding carboxylic acids is 1. The fraction of sp³-hybridized carbons (Fsp3) is 0.235. The van der Waals surface area contributed by atoms with Crippen LogP contribution in [0.1, 0.15) is 23.1 Å². The fourth-order valence-electron chi connectivity index (χ4n) is 2.14. The molecule has 0 aliphatic carbocycles. The van der Waals surface area contributed by atoms with Gasteiger partial charge in [-0.15, -0.1) is 0 Å². The van der Waals surface area contributed by atoms with Crippen molar-refractivity contribution in [3.63, 3.8) is 0 Å². The molecule has 0 aliphatic rings. The second-order valence-corrected chi connectivity index (χ2v) is 5.32. The SMILES string of the molecule is Cc1cccc(CCC(=O)Cc2cccc(Cl)c2F)c1. The Kier molecular flexibility index (Phi) is 4.91. The topological polar surface area (TPSA) is 17.1 Å². The lowest BCUT2D eigenvalue weighted by Crippen LogP contribution is -2.06. The second-order valence-electron chi connectivity index (χ2n) is 4.92. The van der Waals surface area contributed by atoms with Crippen molar-refractivity contribution in [1.82, 2.24) is 0 Å². The van der Waals surface area contributed by atoms with Crippen molar-refractivity contribution in [2.24, 2.45) is 0 Å². The highest BCUT2D eigenvalue weighted by molar-refractivity contribution is 6.30. The second kappa shape index (κ2) is 6.67. The first-order valence-corrected chi connectivity index (χ1v) is 6.94. The third-order valence-corrected chi connectivity index (χ3v) is 3.49. The molecule has 0 radical (unpaired) electrons. The van der Waals surface area contributed by atoms with Crippen LogP contribution in [0.2, 0.25) is 5.02 Å². The molecule has 0 bridgehead atoms. The van der Waals surface area contributed by atoms with Gasteiger partial charge in [0.2, 0.25) is 0 Å². The minimum Gasteiger partial charge on any atom is -0.299 e. The van der Waals surface area contributed by atoms with Crippen molar-refractivity contribution in [2.45, 2.75) is 26.2 Å². The van der Waals surface area contributed by atoms with Gasteiger partial charge in [-0.25, -0.2) is 4.39 Å². The van der Waals surface area contributed by atoms with Crippen LogP contribution >= 0.6 is 11.6 Å². The number of rotatable bonds is 5. The third kappa shape index (κ3) is 3.91. The van der Waals surface area contributed by atoms with Crippen LogP contribution < -0.4 is 0 Å². The lowest BCUT2D eigenvalue weighted by atomic mass is 10.0. The molecule has 0 aliphatic heterocycles. The maximum Gasteiger partial charge on any atom is 0.145 e. The van der Waals surface area contributed by atoms with E-state index in [0.717, 1.165) is 5.56 Å². The maximum atomic E-state index is 13.7. The molecule has 0 saturated carbocycles. The summed E-state index contributed by atoms with van der Waals surface area (Å²) in [6.07, 6.45) is 1.19. The van der Waals surface area contributed by atoms with Gasteiger partial charge in [0, 0.05) is 12.8 Å². The first-order valence-electron chi connectivity index (χ1n) is 6.56. The zero-order valence-corrected chi connectivity index (χ0v) is 12.1. The van der Waals surface area contributed by atoms with Crippen LogP contribution in [-0.4, -0.2) is 5.78 Å². The Morgan fingerprint density at radius 3 is 2.70 bits per heavy atom. The number of ketones is 1. The molecule has 0 saturated heterocycles. The van der Waals surface area contributed by atoms with Gasteiger partial charge in [0.15, 0.2) is 0 Å². The zero-order valence-electron chi connectivity index (χ0n) is 11.3. The van der Waals surface area contributed by atoms with Crippen LogP contribution in [0.4, 0.5) is 4.39 Å². The van der Waals surface area contributed by atoms with E-state index in [-0.39, 0.29) is 17.2 Å². The summed E-state index contributed by atoms with van der Waals surface area (Å²) >= 11 is 5.70. The van der Waals surface area contributed by atoms with Crippen LogP contribution in [0.25, 0.3) is 0 Å². The Balaban J connectivity index is 1.94. The number of carbonyl (C=O) groups is 1. The molecule has 0 aromatic heterocycles. The summed E-state index contributed by atoms with van der Waals surface area (Å²) in [6.45, 7) is 2.02. The molecule has 0 unspecified atom stereocenters. The molecule has 2 rings (SSSR count). The van der Waals surface area contributed by atoms with Gasteiger partial charge in [0.05, 0.1) is 5.02 Å². The van der Waals surface area contributed by atoms with Crippen LogP contribution in [0.5, 0.6) is 0 Å². The summed E-state index contributed by atoms with van der Waals surface area (Å²) in [6, 6.07) is 12.8. The number of aryl methyl sites for hydroxylation is 2. The number of hydrogen-bond donors (Lipinski definition) is 0. The van der Waals surface area contributed by atoms with E-state index in [0.29, 0.717) is 18.4 Å². The lowest BCUT2D eigenvalue weighted by Gasteiger charge is -2.05. The Hall–Kier alpha value is -1.67. The summed E-state index contributed by atoms with van der Waals surface area (Å²) in [5.74, 6) is -0.467. The Labute approximate surface area is 123 Å². The average molecular weight is 291 g/mol. The van der Waals surface area contributed by atoms with E-state index in [9.17, 15) is 9.18 Å².